The molecule has 0 amide bonds. The number of rotatable bonds is 7. The van der Waals surface area contributed by atoms with Gasteiger partial charge in [-0.25, -0.2) is 0 Å². The van der Waals surface area contributed by atoms with Crippen LogP contribution in [0.5, 0.6) is 0 Å². The molecule has 0 aliphatic heterocycles. The van der Waals surface area contributed by atoms with Gasteiger partial charge in [0.25, 0.3) is 0 Å². The highest BCUT2D eigenvalue weighted by Gasteiger charge is 2.32. The van der Waals surface area contributed by atoms with Crippen LogP contribution < -0.4 is 0 Å². The zero-order valence-electron chi connectivity index (χ0n) is 9.20. The van der Waals surface area contributed by atoms with E-state index in [1.165, 1.54) is 12.8 Å². The Labute approximate surface area is 86.1 Å². The number of carbonyl (C=O) groups is 1. The molecule has 1 saturated carbocycles. The fourth-order valence-electron chi connectivity index (χ4n) is 2.05. The first kappa shape index (κ1) is 11.5. The third-order valence-corrected chi connectivity index (χ3v) is 3.01. The Morgan fingerprint density at radius 1 is 1.43 bits per heavy atom. The number of carboxylic acids is 1. The van der Waals surface area contributed by atoms with Gasteiger partial charge in [-0.3, -0.25) is 9.69 Å². The first-order chi connectivity index (χ1) is 6.69. The van der Waals surface area contributed by atoms with Gasteiger partial charge in [0.05, 0.1) is 6.42 Å². The summed E-state index contributed by atoms with van der Waals surface area (Å²) in [6.07, 6.45) is 5.07. The maximum atomic E-state index is 10.5. The van der Waals surface area contributed by atoms with E-state index in [-0.39, 0.29) is 6.42 Å². The largest absolute Gasteiger partial charge is 0.481 e. The summed E-state index contributed by atoms with van der Waals surface area (Å²) in [5.74, 6) is -0.679. The van der Waals surface area contributed by atoms with Crippen LogP contribution in [-0.4, -0.2) is 34.6 Å². The topological polar surface area (TPSA) is 40.5 Å². The van der Waals surface area contributed by atoms with Crippen LogP contribution in [0.3, 0.4) is 0 Å². The molecule has 3 nitrogen and oxygen atoms in total. The van der Waals surface area contributed by atoms with Crippen molar-refractivity contribution in [3.05, 3.63) is 0 Å². The molecule has 0 aromatic carbocycles. The van der Waals surface area contributed by atoms with Crippen molar-refractivity contribution in [3.63, 3.8) is 0 Å². The van der Waals surface area contributed by atoms with Crippen LogP contribution in [0.4, 0.5) is 0 Å². The molecule has 0 aromatic heterocycles. The predicted octanol–water partition coefficient (Wildman–Crippen LogP) is 2.11. The highest BCUT2D eigenvalue weighted by atomic mass is 16.4. The van der Waals surface area contributed by atoms with Crippen LogP contribution in [0.2, 0.25) is 0 Å². The second-order valence-corrected chi connectivity index (χ2v) is 4.08. The van der Waals surface area contributed by atoms with Crippen molar-refractivity contribution in [2.24, 2.45) is 0 Å². The second kappa shape index (κ2) is 5.35. The maximum absolute atomic E-state index is 10.5. The fraction of sp³-hybridized carbons (Fsp3) is 0.909. The first-order valence-corrected chi connectivity index (χ1v) is 5.66. The van der Waals surface area contributed by atoms with Crippen molar-refractivity contribution in [3.8, 4) is 0 Å². The Hall–Kier alpha value is -0.570. The lowest BCUT2D eigenvalue weighted by Gasteiger charge is -2.29. The molecule has 0 heterocycles. The summed E-state index contributed by atoms with van der Waals surface area (Å²) in [5, 5.41) is 8.67. The average Bonchev–Trinajstić information content (AvgIpc) is 2.95. The van der Waals surface area contributed by atoms with Crippen molar-refractivity contribution in [1.29, 1.82) is 0 Å². The molecule has 1 fully saturated rings. The monoisotopic (exact) mass is 199 g/mol. The van der Waals surface area contributed by atoms with Gasteiger partial charge in [-0.05, 0) is 25.7 Å². The zero-order valence-corrected chi connectivity index (χ0v) is 9.20. The van der Waals surface area contributed by atoms with Gasteiger partial charge in [-0.1, -0.05) is 13.8 Å². The van der Waals surface area contributed by atoms with Crippen LogP contribution in [0, 0.1) is 0 Å². The quantitative estimate of drug-likeness (QED) is 0.682. The highest BCUT2D eigenvalue weighted by molar-refractivity contribution is 5.66. The lowest BCUT2D eigenvalue weighted by Crippen LogP contribution is -2.37. The summed E-state index contributed by atoms with van der Waals surface area (Å²) in [6.45, 7) is 5.10. The van der Waals surface area contributed by atoms with E-state index in [9.17, 15) is 4.79 Å². The smallest absolute Gasteiger partial charge is 0.304 e. The summed E-state index contributed by atoms with van der Waals surface area (Å²) in [4.78, 5) is 12.9. The van der Waals surface area contributed by atoms with Crippen molar-refractivity contribution >= 4 is 5.97 Å². The lowest BCUT2D eigenvalue weighted by molar-refractivity contribution is -0.137. The normalized spacial score (nSPS) is 16.6. The van der Waals surface area contributed by atoms with E-state index < -0.39 is 5.97 Å². The molecule has 1 rings (SSSR count). The van der Waals surface area contributed by atoms with E-state index in [0.717, 1.165) is 19.4 Å². The van der Waals surface area contributed by atoms with Gasteiger partial charge in [0.15, 0.2) is 0 Å². The van der Waals surface area contributed by atoms with Crippen molar-refractivity contribution < 1.29 is 9.90 Å². The molecule has 0 radical (unpaired) electrons. The van der Waals surface area contributed by atoms with Crippen molar-refractivity contribution in [2.75, 3.05) is 6.54 Å². The minimum absolute atomic E-state index is 0.285. The van der Waals surface area contributed by atoms with Gasteiger partial charge in [-0.2, -0.15) is 0 Å². The molecule has 0 atom stereocenters. The molecule has 0 aromatic rings. The summed E-state index contributed by atoms with van der Waals surface area (Å²) >= 11 is 0. The number of carboxylic acid groups (broad SMARTS) is 1. The summed E-state index contributed by atoms with van der Waals surface area (Å²) < 4.78 is 0. The summed E-state index contributed by atoms with van der Waals surface area (Å²) in [5.41, 5.74) is 0. The Balaban J connectivity index is 2.40. The average molecular weight is 199 g/mol. The third-order valence-electron chi connectivity index (χ3n) is 3.01. The maximum Gasteiger partial charge on any atom is 0.304 e. The van der Waals surface area contributed by atoms with Crippen LogP contribution >= 0.6 is 0 Å². The molecule has 0 saturated heterocycles. The minimum Gasteiger partial charge on any atom is -0.481 e. The van der Waals surface area contributed by atoms with E-state index >= 15 is 0 Å². The van der Waals surface area contributed by atoms with Crippen molar-refractivity contribution in [1.82, 2.24) is 4.90 Å². The Morgan fingerprint density at radius 2 is 2.00 bits per heavy atom. The number of nitrogens with zero attached hydrogens (tertiary/aromatic N) is 1. The Kier molecular flexibility index (Phi) is 4.39. The van der Waals surface area contributed by atoms with Crippen LogP contribution in [0.25, 0.3) is 0 Å². The lowest BCUT2D eigenvalue weighted by atomic mass is 10.1. The van der Waals surface area contributed by atoms with E-state index in [0.29, 0.717) is 12.1 Å². The molecule has 82 valence electrons. The van der Waals surface area contributed by atoms with E-state index in [1.807, 2.05) is 0 Å². The molecule has 3 heteroatoms. The molecule has 1 N–H and O–H groups in total. The first-order valence-electron chi connectivity index (χ1n) is 5.66. The Morgan fingerprint density at radius 3 is 2.36 bits per heavy atom. The molecule has 0 spiro atoms. The summed E-state index contributed by atoms with van der Waals surface area (Å²) in [6, 6.07) is 1.26. The van der Waals surface area contributed by atoms with Gasteiger partial charge >= 0.3 is 5.97 Å². The standard InChI is InChI=1S/C11H21NO2/c1-3-9(4-2)12(10-5-6-10)8-7-11(13)14/h9-10H,3-8H2,1-2H3,(H,13,14). The molecule has 14 heavy (non-hydrogen) atoms. The molecule has 0 bridgehead atoms. The van der Waals surface area contributed by atoms with Crippen LogP contribution in [0.15, 0.2) is 0 Å². The van der Waals surface area contributed by atoms with Crippen molar-refractivity contribution in [2.45, 2.75) is 58.0 Å². The molecular formula is C11H21NO2. The fourth-order valence-corrected chi connectivity index (χ4v) is 2.05. The van der Waals surface area contributed by atoms with E-state index in [4.69, 9.17) is 5.11 Å². The van der Waals surface area contributed by atoms with Crippen LogP contribution in [-0.2, 0) is 4.79 Å². The van der Waals surface area contributed by atoms with Gasteiger partial charge in [0.1, 0.15) is 0 Å². The molecule has 1 aliphatic rings. The van der Waals surface area contributed by atoms with Gasteiger partial charge in [-0.15, -0.1) is 0 Å². The third kappa shape index (κ3) is 3.29. The number of aliphatic carboxylic acids is 1. The Bertz CT molecular complexity index is 186. The molecule has 0 unspecified atom stereocenters. The zero-order chi connectivity index (χ0) is 10.6. The van der Waals surface area contributed by atoms with Gasteiger partial charge < -0.3 is 5.11 Å². The highest BCUT2D eigenvalue weighted by Crippen LogP contribution is 2.30. The number of hydrogen-bond acceptors (Lipinski definition) is 2. The van der Waals surface area contributed by atoms with Gasteiger partial charge in [0.2, 0.25) is 0 Å². The minimum atomic E-state index is -0.679. The van der Waals surface area contributed by atoms with E-state index in [1.54, 1.807) is 0 Å². The summed E-state index contributed by atoms with van der Waals surface area (Å²) in [7, 11) is 0. The van der Waals surface area contributed by atoms with Crippen LogP contribution in [0.1, 0.15) is 46.0 Å². The SMILES string of the molecule is CCC(CC)N(CCC(=O)O)C1CC1. The molecule has 1 aliphatic carbocycles. The molecular weight excluding hydrogens is 178 g/mol. The predicted molar refractivity (Wildman–Crippen MR) is 56.4 cm³/mol. The number of hydrogen-bond donors (Lipinski definition) is 1. The van der Waals surface area contributed by atoms with Gasteiger partial charge in [0, 0.05) is 18.6 Å². The second-order valence-electron chi connectivity index (χ2n) is 4.08. The van der Waals surface area contributed by atoms with E-state index in [2.05, 4.69) is 18.7 Å².